The summed E-state index contributed by atoms with van der Waals surface area (Å²) in [6.45, 7) is 0.540. The molecule has 2 rings (SSSR count). The fraction of sp³-hybridized carbons (Fsp3) is 0.0952. The molecule has 0 amide bonds. The van der Waals surface area contributed by atoms with E-state index in [1.165, 1.54) is 30.9 Å². The van der Waals surface area contributed by atoms with Gasteiger partial charge in [-0.25, -0.2) is 9.79 Å². The summed E-state index contributed by atoms with van der Waals surface area (Å²) >= 11 is 0. The zero-order chi connectivity index (χ0) is 20.6. The van der Waals surface area contributed by atoms with Gasteiger partial charge in [-0.05, 0) is 36.8 Å². The molecule has 0 radical (unpaired) electrons. The van der Waals surface area contributed by atoms with Crippen molar-refractivity contribution >= 4 is 42.8 Å². The monoisotopic (exact) mass is 388 g/mol. The predicted molar refractivity (Wildman–Crippen MR) is 120 cm³/mol. The van der Waals surface area contributed by atoms with Crippen LogP contribution in [0.5, 0.6) is 0 Å². The van der Waals surface area contributed by atoms with Gasteiger partial charge in [-0.1, -0.05) is 12.2 Å². The first-order chi connectivity index (χ1) is 14.3. The largest absolute Gasteiger partial charge is 0.477 e. The number of nitrogens with zero attached hydrogens (tertiary/aromatic N) is 6. The number of hydrogen-bond donors (Lipinski definition) is 1. The number of hydrogen-bond acceptors (Lipinski definition) is 7. The summed E-state index contributed by atoms with van der Waals surface area (Å²) in [7, 11) is 0. The van der Waals surface area contributed by atoms with Gasteiger partial charge in [-0.15, -0.1) is 0 Å². The molecule has 0 aromatic carbocycles. The Balaban J connectivity index is 2.58. The molecule has 29 heavy (non-hydrogen) atoms. The van der Waals surface area contributed by atoms with Gasteiger partial charge < -0.3 is 5.11 Å². The predicted octanol–water partition coefficient (Wildman–Crippen LogP) is 3.15. The molecule has 2 heterocycles. The Morgan fingerprint density at radius 1 is 0.828 bits per heavy atom. The van der Waals surface area contributed by atoms with Crippen LogP contribution in [-0.2, 0) is 4.79 Å². The van der Waals surface area contributed by atoms with Crippen LogP contribution in [0.4, 0.5) is 0 Å². The highest BCUT2D eigenvalue weighted by Crippen LogP contribution is 2.07. The Morgan fingerprint density at radius 3 is 2.41 bits per heavy atom. The van der Waals surface area contributed by atoms with Gasteiger partial charge in [0.05, 0.1) is 12.4 Å². The third-order valence-corrected chi connectivity index (χ3v) is 3.22. The second-order valence-electron chi connectivity index (χ2n) is 5.36. The fourth-order valence-electron chi connectivity index (χ4n) is 1.92. The number of aliphatic carboxylic acids is 1. The second kappa shape index (κ2) is 13.2. The molecule has 0 aromatic rings. The van der Waals surface area contributed by atoms with Gasteiger partial charge in [0.25, 0.3) is 0 Å². The summed E-state index contributed by atoms with van der Waals surface area (Å²) < 4.78 is 0. The lowest BCUT2D eigenvalue weighted by molar-refractivity contribution is -0.129. The van der Waals surface area contributed by atoms with Crippen molar-refractivity contribution in [2.75, 3.05) is 6.54 Å². The van der Waals surface area contributed by atoms with E-state index in [2.05, 4.69) is 30.0 Å². The summed E-state index contributed by atoms with van der Waals surface area (Å²) in [4.78, 5) is 36.7. The van der Waals surface area contributed by atoms with Crippen LogP contribution in [0.1, 0.15) is 6.42 Å². The van der Waals surface area contributed by atoms with Crippen LogP contribution in [0, 0.1) is 0 Å². The van der Waals surface area contributed by atoms with Crippen LogP contribution in [0.15, 0.2) is 102 Å². The van der Waals surface area contributed by atoms with Gasteiger partial charge in [0.1, 0.15) is 17.1 Å². The molecule has 1 N–H and O–H groups in total. The summed E-state index contributed by atoms with van der Waals surface area (Å²) in [5.74, 6) is -1.16. The number of aliphatic imine (C=N–C) groups is 6. The minimum Gasteiger partial charge on any atom is -0.477 e. The van der Waals surface area contributed by atoms with Crippen LogP contribution in [0.25, 0.3) is 0 Å². The Labute approximate surface area is 168 Å². The Hall–Kier alpha value is -4.07. The topological polar surface area (TPSA) is 111 Å². The Bertz CT molecular complexity index is 904. The van der Waals surface area contributed by atoms with E-state index in [1.807, 2.05) is 0 Å². The molecular formula is C21H20N6O2. The van der Waals surface area contributed by atoms with E-state index in [4.69, 9.17) is 0 Å². The standard InChI is InChI=1S/C21H20N6O2/c28-21(29)18-8-2-5-10-23-12-7-14-25-17-20(27-18)19-16-24-13-6-11-22-9-3-1-4-15-26-19/h1-4,6-9,11-17H,5,10H2,(H,28,29). The van der Waals surface area contributed by atoms with E-state index in [1.54, 1.807) is 61.3 Å². The SMILES string of the molecule is O=C(O)C1=NC(=C2C=NC=CC=NC=CC=CC=N2)C=NC=CC=NCCC=C1. The average molecular weight is 388 g/mol. The van der Waals surface area contributed by atoms with Crippen molar-refractivity contribution in [2.24, 2.45) is 30.0 Å². The van der Waals surface area contributed by atoms with Crippen molar-refractivity contribution in [1.82, 2.24) is 0 Å². The van der Waals surface area contributed by atoms with Crippen molar-refractivity contribution in [3.63, 3.8) is 0 Å². The van der Waals surface area contributed by atoms with Crippen molar-refractivity contribution in [2.45, 2.75) is 6.42 Å². The highest BCUT2D eigenvalue weighted by atomic mass is 16.4. The molecule has 2 aliphatic heterocycles. The maximum atomic E-state index is 11.6. The molecule has 0 aromatic heterocycles. The highest BCUT2D eigenvalue weighted by molar-refractivity contribution is 6.40. The van der Waals surface area contributed by atoms with Crippen LogP contribution in [0.2, 0.25) is 0 Å². The lowest BCUT2D eigenvalue weighted by Gasteiger charge is -2.01. The van der Waals surface area contributed by atoms with E-state index >= 15 is 0 Å². The fourth-order valence-corrected chi connectivity index (χ4v) is 1.92. The molecule has 0 aliphatic carbocycles. The second-order valence-corrected chi connectivity index (χ2v) is 5.36. The van der Waals surface area contributed by atoms with Crippen molar-refractivity contribution in [1.29, 1.82) is 0 Å². The summed E-state index contributed by atoms with van der Waals surface area (Å²) in [5, 5.41) is 9.49. The molecule has 8 heteroatoms. The molecule has 0 saturated heterocycles. The molecule has 0 spiro atoms. The molecule has 2 aliphatic rings. The maximum Gasteiger partial charge on any atom is 0.354 e. The summed E-state index contributed by atoms with van der Waals surface area (Å²) in [5.41, 5.74) is 0.444. The summed E-state index contributed by atoms with van der Waals surface area (Å²) in [6.07, 6.45) is 24.7. The van der Waals surface area contributed by atoms with Crippen LogP contribution < -0.4 is 0 Å². The first kappa shape index (κ1) is 21.2. The van der Waals surface area contributed by atoms with E-state index in [0.29, 0.717) is 18.7 Å². The van der Waals surface area contributed by atoms with Crippen molar-refractivity contribution < 1.29 is 9.90 Å². The normalized spacial score (nSPS) is 20.2. The number of carboxylic acid groups (broad SMARTS) is 1. The Kier molecular flexibility index (Phi) is 9.63. The zero-order valence-corrected chi connectivity index (χ0v) is 15.6. The minimum atomic E-state index is -1.16. The maximum absolute atomic E-state index is 11.6. The zero-order valence-electron chi connectivity index (χ0n) is 15.6. The molecule has 0 saturated carbocycles. The Morgan fingerprint density at radius 2 is 1.59 bits per heavy atom. The molecule has 0 bridgehead atoms. The average Bonchev–Trinajstić information content (AvgIpc) is 2.75. The molecule has 0 atom stereocenters. The summed E-state index contributed by atoms with van der Waals surface area (Å²) in [6, 6.07) is 0. The van der Waals surface area contributed by atoms with Crippen molar-refractivity contribution in [3.05, 3.63) is 72.5 Å². The van der Waals surface area contributed by atoms with E-state index < -0.39 is 5.97 Å². The van der Waals surface area contributed by atoms with E-state index in [9.17, 15) is 9.90 Å². The third kappa shape index (κ3) is 8.91. The minimum absolute atomic E-state index is 0.140. The molecule has 146 valence electrons. The van der Waals surface area contributed by atoms with Crippen molar-refractivity contribution in [3.8, 4) is 0 Å². The first-order valence-corrected chi connectivity index (χ1v) is 8.75. The van der Waals surface area contributed by atoms with Gasteiger partial charge >= 0.3 is 5.97 Å². The number of carboxylic acids is 1. The van der Waals surface area contributed by atoms with E-state index in [0.717, 1.165) is 0 Å². The molecular weight excluding hydrogens is 368 g/mol. The van der Waals surface area contributed by atoms with E-state index in [-0.39, 0.29) is 11.4 Å². The number of rotatable bonds is 1. The highest BCUT2D eigenvalue weighted by Gasteiger charge is 2.09. The third-order valence-electron chi connectivity index (χ3n) is 3.22. The van der Waals surface area contributed by atoms with Crippen LogP contribution >= 0.6 is 0 Å². The number of carbonyl (C=O) groups is 1. The molecule has 8 nitrogen and oxygen atoms in total. The van der Waals surface area contributed by atoms with Gasteiger partial charge in [-0.3, -0.25) is 25.0 Å². The smallest absolute Gasteiger partial charge is 0.354 e. The van der Waals surface area contributed by atoms with Gasteiger partial charge in [-0.2, -0.15) is 0 Å². The van der Waals surface area contributed by atoms with Gasteiger partial charge in [0.15, 0.2) is 0 Å². The van der Waals surface area contributed by atoms with Gasteiger partial charge in [0, 0.05) is 43.8 Å². The lowest BCUT2D eigenvalue weighted by atomic mass is 10.2. The number of allylic oxidation sites excluding steroid dienone is 7. The van der Waals surface area contributed by atoms with Crippen LogP contribution in [0.3, 0.4) is 0 Å². The molecule has 0 fully saturated rings. The lowest BCUT2D eigenvalue weighted by Crippen LogP contribution is -2.11. The molecule has 0 unspecified atom stereocenters. The van der Waals surface area contributed by atoms with Crippen LogP contribution in [-0.4, -0.2) is 54.4 Å². The first-order valence-electron chi connectivity index (χ1n) is 8.75. The quantitative estimate of drug-likeness (QED) is 0.744. The van der Waals surface area contributed by atoms with Gasteiger partial charge in [0.2, 0.25) is 0 Å².